The number of benzene rings is 1. The second-order valence-electron chi connectivity index (χ2n) is 4.77. The maximum atomic E-state index is 5.86. The van der Waals surface area contributed by atoms with Crippen LogP contribution < -0.4 is 15.2 Å². The molecule has 2 N–H and O–H groups in total. The van der Waals surface area contributed by atoms with E-state index < -0.39 is 0 Å². The van der Waals surface area contributed by atoms with Crippen LogP contribution in [0.4, 0.5) is 5.95 Å². The zero-order valence-electron chi connectivity index (χ0n) is 11.4. The van der Waals surface area contributed by atoms with Gasteiger partial charge in [-0.2, -0.15) is 0 Å². The van der Waals surface area contributed by atoms with Crippen LogP contribution in [0.2, 0.25) is 0 Å². The van der Waals surface area contributed by atoms with Crippen molar-refractivity contribution in [2.24, 2.45) is 7.05 Å². The van der Waals surface area contributed by atoms with Gasteiger partial charge in [0.1, 0.15) is 13.2 Å². The van der Waals surface area contributed by atoms with Gasteiger partial charge in [0.25, 0.3) is 0 Å². The zero-order chi connectivity index (χ0) is 13.6. The van der Waals surface area contributed by atoms with Crippen molar-refractivity contribution in [2.45, 2.75) is 13.8 Å². The predicted octanol–water partition coefficient (Wildman–Crippen LogP) is 2.06. The first-order valence-electron chi connectivity index (χ1n) is 6.27. The van der Waals surface area contributed by atoms with Gasteiger partial charge >= 0.3 is 0 Å². The van der Waals surface area contributed by atoms with E-state index in [1.807, 2.05) is 30.7 Å². The molecule has 19 heavy (non-hydrogen) atoms. The smallest absolute Gasteiger partial charge is 0.200 e. The van der Waals surface area contributed by atoms with Crippen molar-refractivity contribution < 1.29 is 9.47 Å². The van der Waals surface area contributed by atoms with Crippen molar-refractivity contribution in [3.05, 3.63) is 23.4 Å². The van der Waals surface area contributed by atoms with E-state index in [1.165, 1.54) is 0 Å². The molecule has 0 radical (unpaired) electrons. The van der Waals surface area contributed by atoms with Crippen LogP contribution in [0.25, 0.3) is 11.3 Å². The molecule has 3 rings (SSSR count). The first-order valence-corrected chi connectivity index (χ1v) is 6.27. The Bertz CT molecular complexity index is 647. The summed E-state index contributed by atoms with van der Waals surface area (Å²) >= 11 is 0. The van der Waals surface area contributed by atoms with E-state index in [0.717, 1.165) is 34.0 Å². The van der Waals surface area contributed by atoms with Gasteiger partial charge in [0, 0.05) is 12.6 Å². The minimum Gasteiger partial charge on any atom is -0.486 e. The van der Waals surface area contributed by atoms with Crippen LogP contribution in [0.1, 0.15) is 11.3 Å². The van der Waals surface area contributed by atoms with E-state index in [4.69, 9.17) is 15.2 Å². The fourth-order valence-corrected chi connectivity index (χ4v) is 2.48. The zero-order valence-corrected chi connectivity index (χ0v) is 11.4. The van der Waals surface area contributed by atoms with E-state index in [9.17, 15) is 0 Å². The van der Waals surface area contributed by atoms with E-state index in [-0.39, 0.29) is 0 Å². The molecule has 1 aromatic heterocycles. The number of nitrogens with zero attached hydrogens (tertiary/aromatic N) is 2. The summed E-state index contributed by atoms with van der Waals surface area (Å²) in [5, 5.41) is 0. The van der Waals surface area contributed by atoms with Crippen LogP contribution in [0.3, 0.4) is 0 Å². The molecule has 0 saturated heterocycles. The summed E-state index contributed by atoms with van der Waals surface area (Å²) < 4.78 is 13.1. The number of ether oxygens (including phenoxy) is 2. The highest BCUT2D eigenvalue weighted by atomic mass is 16.6. The maximum absolute atomic E-state index is 5.86. The number of aryl methyl sites for hydroxylation is 2. The Balaban J connectivity index is 2.20. The number of rotatable bonds is 1. The van der Waals surface area contributed by atoms with Gasteiger partial charge in [-0.25, -0.2) is 4.98 Å². The Morgan fingerprint density at radius 1 is 1.16 bits per heavy atom. The lowest BCUT2D eigenvalue weighted by atomic mass is 10.0. The normalized spacial score (nSPS) is 13.6. The predicted molar refractivity (Wildman–Crippen MR) is 73.5 cm³/mol. The summed E-state index contributed by atoms with van der Waals surface area (Å²) in [5.41, 5.74) is 10.00. The Morgan fingerprint density at radius 3 is 2.37 bits per heavy atom. The average Bonchev–Trinajstić information content (AvgIpc) is 2.63. The van der Waals surface area contributed by atoms with Gasteiger partial charge in [-0.3, -0.25) is 0 Å². The first-order chi connectivity index (χ1) is 9.08. The molecule has 0 unspecified atom stereocenters. The van der Waals surface area contributed by atoms with Gasteiger partial charge in [-0.1, -0.05) is 0 Å². The molecule has 2 aromatic rings. The maximum Gasteiger partial charge on any atom is 0.200 e. The molecule has 0 spiro atoms. The minimum absolute atomic E-state index is 0.516. The number of imidazole rings is 1. The standard InChI is InChI=1S/C14H17N3O2/c1-8-6-11-12(19-5-4-18-11)7-10(8)13-9(2)16-14(15)17(13)3/h6-7H,4-5H2,1-3H3,(H2,15,16). The minimum atomic E-state index is 0.516. The van der Waals surface area contributed by atoms with Crippen LogP contribution in [-0.4, -0.2) is 22.8 Å². The van der Waals surface area contributed by atoms with Crippen LogP contribution in [-0.2, 0) is 7.05 Å². The van der Waals surface area contributed by atoms with E-state index >= 15 is 0 Å². The summed E-state index contributed by atoms with van der Waals surface area (Å²) in [6, 6.07) is 4.01. The molecule has 1 aromatic carbocycles. The molecule has 2 heterocycles. The third kappa shape index (κ3) is 1.82. The topological polar surface area (TPSA) is 62.3 Å². The van der Waals surface area contributed by atoms with Crippen molar-refractivity contribution >= 4 is 5.95 Å². The number of nitrogens with two attached hydrogens (primary N) is 1. The third-order valence-corrected chi connectivity index (χ3v) is 3.45. The molecule has 0 aliphatic carbocycles. The number of fused-ring (bicyclic) bond motifs is 1. The van der Waals surface area contributed by atoms with Gasteiger partial charge in [-0.05, 0) is 31.5 Å². The van der Waals surface area contributed by atoms with E-state index in [2.05, 4.69) is 11.9 Å². The van der Waals surface area contributed by atoms with Crippen LogP contribution in [0.15, 0.2) is 12.1 Å². The Morgan fingerprint density at radius 2 is 1.79 bits per heavy atom. The number of hydrogen-bond donors (Lipinski definition) is 1. The number of nitrogen functional groups attached to an aromatic ring is 1. The highest BCUT2D eigenvalue weighted by Crippen LogP contribution is 2.38. The summed E-state index contributed by atoms with van der Waals surface area (Å²) in [4.78, 5) is 4.31. The number of aromatic nitrogens is 2. The largest absolute Gasteiger partial charge is 0.486 e. The first kappa shape index (κ1) is 11.9. The van der Waals surface area contributed by atoms with E-state index in [0.29, 0.717) is 19.2 Å². The molecule has 0 bridgehead atoms. The monoisotopic (exact) mass is 259 g/mol. The SMILES string of the molecule is Cc1cc2c(cc1-c1c(C)nc(N)n1C)OCCO2. The summed E-state index contributed by atoms with van der Waals surface area (Å²) in [6.45, 7) is 5.20. The lowest BCUT2D eigenvalue weighted by Crippen LogP contribution is -2.15. The Kier molecular flexibility index (Phi) is 2.62. The highest BCUT2D eigenvalue weighted by molar-refractivity contribution is 5.71. The fourth-order valence-electron chi connectivity index (χ4n) is 2.48. The number of hydrogen-bond acceptors (Lipinski definition) is 4. The lowest BCUT2D eigenvalue weighted by Gasteiger charge is -2.20. The molecule has 0 amide bonds. The van der Waals surface area contributed by atoms with Gasteiger partial charge in [0.15, 0.2) is 11.5 Å². The lowest BCUT2D eigenvalue weighted by molar-refractivity contribution is 0.171. The Hall–Kier alpha value is -2.17. The van der Waals surface area contributed by atoms with Crippen LogP contribution >= 0.6 is 0 Å². The van der Waals surface area contributed by atoms with Gasteiger partial charge < -0.3 is 19.8 Å². The number of anilines is 1. The van der Waals surface area contributed by atoms with Crippen molar-refractivity contribution in [3.8, 4) is 22.8 Å². The van der Waals surface area contributed by atoms with Gasteiger partial charge in [0.2, 0.25) is 5.95 Å². The van der Waals surface area contributed by atoms with Crippen LogP contribution in [0, 0.1) is 13.8 Å². The second-order valence-corrected chi connectivity index (χ2v) is 4.77. The molecule has 5 heteroatoms. The van der Waals surface area contributed by atoms with Crippen LogP contribution in [0.5, 0.6) is 11.5 Å². The van der Waals surface area contributed by atoms with Gasteiger partial charge in [-0.15, -0.1) is 0 Å². The van der Waals surface area contributed by atoms with E-state index in [1.54, 1.807) is 0 Å². The highest BCUT2D eigenvalue weighted by Gasteiger charge is 2.19. The quantitative estimate of drug-likeness (QED) is 0.851. The molecule has 1 aliphatic rings. The Labute approximate surface area is 112 Å². The summed E-state index contributed by atoms with van der Waals surface area (Å²) in [7, 11) is 1.92. The average molecular weight is 259 g/mol. The fraction of sp³-hybridized carbons (Fsp3) is 0.357. The molecule has 0 atom stereocenters. The summed E-state index contributed by atoms with van der Waals surface area (Å²) in [6.07, 6.45) is 0. The van der Waals surface area contributed by atoms with Crippen molar-refractivity contribution in [2.75, 3.05) is 18.9 Å². The molecular weight excluding hydrogens is 242 g/mol. The second kappa shape index (κ2) is 4.19. The van der Waals surface area contributed by atoms with Gasteiger partial charge in [0.05, 0.1) is 11.4 Å². The van der Waals surface area contributed by atoms with Crippen molar-refractivity contribution in [3.63, 3.8) is 0 Å². The van der Waals surface area contributed by atoms with Crippen molar-refractivity contribution in [1.29, 1.82) is 0 Å². The molecule has 100 valence electrons. The molecular formula is C14H17N3O2. The molecule has 5 nitrogen and oxygen atoms in total. The summed E-state index contributed by atoms with van der Waals surface area (Å²) in [5.74, 6) is 2.10. The molecule has 0 saturated carbocycles. The molecule has 1 aliphatic heterocycles. The van der Waals surface area contributed by atoms with Crippen molar-refractivity contribution in [1.82, 2.24) is 9.55 Å². The molecule has 0 fully saturated rings. The third-order valence-electron chi connectivity index (χ3n) is 3.45.